The van der Waals surface area contributed by atoms with Crippen LogP contribution in [-0.2, 0) is 19.4 Å². The van der Waals surface area contributed by atoms with Crippen molar-refractivity contribution >= 4 is 15.8 Å². The Bertz CT molecular complexity index is 400. The predicted octanol–water partition coefficient (Wildman–Crippen LogP) is -0.456. The highest BCUT2D eigenvalue weighted by Gasteiger charge is 2.41. The van der Waals surface area contributed by atoms with Gasteiger partial charge in [-0.1, -0.05) is 6.08 Å². The Hall–Kier alpha value is -0.880. The lowest BCUT2D eigenvalue weighted by molar-refractivity contribution is -0.152. The molecule has 1 fully saturated rings. The van der Waals surface area contributed by atoms with Gasteiger partial charge in [-0.3, -0.25) is 9.69 Å². The monoisotopic (exact) mass is 231 g/mol. The summed E-state index contributed by atoms with van der Waals surface area (Å²) in [6.07, 6.45) is 2.39. The van der Waals surface area contributed by atoms with Gasteiger partial charge in [-0.2, -0.15) is 0 Å². The molecule has 2 atom stereocenters. The average molecular weight is 231 g/mol. The van der Waals surface area contributed by atoms with Crippen LogP contribution in [0.25, 0.3) is 0 Å². The van der Waals surface area contributed by atoms with E-state index in [1.807, 2.05) is 4.90 Å². The van der Waals surface area contributed by atoms with Crippen LogP contribution in [-0.4, -0.2) is 50.8 Å². The highest BCUT2D eigenvalue weighted by molar-refractivity contribution is 7.94. The number of hydrogen-bond acceptors (Lipinski definition) is 5. The summed E-state index contributed by atoms with van der Waals surface area (Å²) < 4.78 is 27.0. The second kappa shape index (κ2) is 3.61. The molecule has 0 bridgehead atoms. The molecule has 0 N–H and O–H groups in total. The fourth-order valence-electron chi connectivity index (χ4n) is 1.96. The van der Waals surface area contributed by atoms with Crippen molar-refractivity contribution in [2.45, 2.75) is 18.5 Å². The van der Waals surface area contributed by atoms with Crippen LogP contribution >= 0.6 is 0 Å². The lowest BCUT2D eigenvalue weighted by atomic mass is 10.0. The Morgan fingerprint density at radius 3 is 2.67 bits per heavy atom. The van der Waals surface area contributed by atoms with Crippen LogP contribution < -0.4 is 0 Å². The smallest absolute Gasteiger partial charge is 0.323 e. The molecule has 0 aromatic carbocycles. The Balaban J connectivity index is 2.03. The van der Waals surface area contributed by atoms with Gasteiger partial charge in [-0.05, 0) is 6.42 Å². The Morgan fingerprint density at radius 2 is 2.27 bits per heavy atom. The van der Waals surface area contributed by atoms with Crippen LogP contribution in [0.3, 0.4) is 0 Å². The summed E-state index contributed by atoms with van der Waals surface area (Å²) >= 11 is 0. The first-order chi connectivity index (χ1) is 7.03. The van der Waals surface area contributed by atoms with Gasteiger partial charge in [0.25, 0.3) is 0 Å². The fourth-order valence-corrected chi connectivity index (χ4v) is 3.27. The van der Waals surface area contributed by atoms with E-state index in [0.717, 1.165) is 13.0 Å². The highest BCUT2D eigenvalue weighted by Crippen LogP contribution is 2.26. The summed E-state index contributed by atoms with van der Waals surface area (Å²) in [5.41, 5.74) is 0. The molecule has 84 valence electrons. The summed E-state index contributed by atoms with van der Waals surface area (Å²) in [5.74, 6) is -0.195. The molecule has 5 nitrogen and oxygen atoms in total. The number of hydrogen-bond donors (Lipinski definition) is 0. The number of carbonyl (C=O) groups is 1. The van der Waals surface area contributed by atoms with Crippen LogP contribution in [0.1, 0.15) is 6.42 Å². The SMILES string of the molecule is COC(=O)C1CCN1C1C=CS(=O)(=O)C1. The van der Waals surface area contributed by atoms with Crippen molar-refractivity contribution in [1.82, 2.24) is 4.90 Å². The third-order valence-corrected chi connectivity index (χ3v) is 4.25. The molecule has 2 rings (SSSR count). The van der Waals surface area contributed by atoms with Crippen LogP contribution in [0, 0.1) is 0 Å². The lowest BCUT2D eigenvalue weighted by Crippen LogP contribution is -2.57. The summed E-state index contributed by atoms with van der Waals surface area (Å²) in [6.45, 7) is 0.754. The van der Waals surface area contributed by atoms with E-state index >= 15 is 0 Å². The molecule has 0 aliphatic carbocycles. The van der Waals surface area contributed by atoms with Crippen molar-refractivity contribution < 1.29 is 17.9 Å². The summed E-state index contributed by atoms with van der Waals surface area (Å²) in [4.78, 5) is 13.2. The molecule has 6 heteroatoms. The first-order valence-corrected chi connectivity index (χ1v) is 6.49. The minimum absolute atomic E-state index is 0.0838. The number of esters is 1. The van der Waals surface area contributed by atoms with E-state index in [4.69, 9.17) is 0 Å². The van der Waals surface area contributed by atoms with Gasteiger partial charge in [0.05, 0.1) is 12.9 Å². The van der Waals surface area contributed by atoms with Gasteiger partial charge < -0.3 is 4.74 Å². The first-order valence-electron chi connectivity index (χ1n) is 4.78. The van der Waals surface area contributed by atoms with Crippen molar-refractivity contribution in [3.05, 3.63) is 11.5 Å². The Labute approximate surface area is 88.6 Å². The van der Waals surface area contributed by atoms with Gasteiger partial charge in [0.1, 0.15) is 6.04 Å². The van der Waals surface area contributed by atoms with Crippen LogP contribution in [0.4, 0.5) is 0 Å². The third kappa shape index (κ3) is 1.91. The van der Waals surface area contributed by atoms with E-state index in [0.29, 0.717) is 0 Å². The molecule has 0 saturated carbocycles. The molecule has 2 aliphatic heterocycles. The largest absolute Gasteiger partial charge is 0.468 e. The maximum atomic E-state index is 11.3. The predicted molar refractivity (Wildman–Crippen MR) is 53.8 cm³/mol. The minimum Gasteiger partial charge on any atom is -0.468 e. The van der Waals surface area contributed by atoms with E-state index in [9.17, 15) is 13.2 Å². The second-order valence-electron chi connectivity index (χ2n) is 3.79. The number of sulfone groups is 1. The molecule has 15 heavy (non-hydrogen) atoms. The molecule has 0 spiro atoms. The number of rotatable bonds is 2. The quantitative estimate of drug-likeness (QED) is 0.602. The zero-order valence-corrected chi connectivity index (χ0v) is 9.24. The van der Waals surface area contributed by atoms with Crippen LogP contribution in [0.2, 0.25) is 0 Å². The van der Waals surface area contributed by atoms with Crippen molar-refractivity contribution in [3.8, 4) is 0 Å². The van der Waals surface area contributed by atoms with Gasteiger partial charge in [0.2, 0.25) is 0 Å². The van der Waals surface area contributed by atoms with Gasteiger partial charge in [0, 0.05) is 18.0 Å². The molecular formula is C9H13NO4S. The summed E-state index contributed by atoms with van der Waals surface area (Å²) in [7, 11) is -1.70. The van der Waals surface area contributed by atoms with Crippen LogP contribution in [0.15, 0.2) is 11.5 Å². The Morgan fingerprint density at radius 1 is 1.53 bits per heavy atom. The number of methoxy groups -OCH3 is 1. The van der Waals surface area contributed by atoms with E-state index in [1.165, 1.54) is 12.5 Å². The lowest BCUT2D eigenvalue weighted by Gasteiger charge is -2.41. The highest BCUT2D eigenvalue weighted by atomic mass is 32.2. The number of carbonyl (C=O) groups excluding carboxylic acids is 1. The number of ether oxygens (including phenoxy) is 1. The normalized spacial score (nSPS) is 33.7. The van der Waals surface area contributed by atoms with Crippen LogP contribution in [0.5, 0.6) is 0 Å². The average Bonchev–Trinajstić information content (AvgIpc) is 2.44. The maximum Gasteiger partial charge on any atom is 0.323 e. The molecule has 2 aliphatic rings. The zero-order valence-electron chi connectivity index (χ0n) is 8.42. The number of likely N-dealkylation sites (tertiary alicyclic amines) is 1. The Kier molecular flexibility index (Phi) is 2.56. The standard InChI is InChI=1S/C9H13NO4S/c1-14-9(11)8-2-4-10(8)7-3-5-15(12,13)6-7/h3,5,7-8H,2,4,6H2,1H3. The van der Waals surface area contributed by atoms with Gasteiger partial charge in [0.15, 0.2) is 9.84 Å². The van der Waals surface area contributed by atoms with Gasteiger partial charge >= 0.3 is 5.97 Å². The van der Waals surface area contributed by atoms with E-state index in [2.05, 4.69) is 4.74 Å². The fraction of sp³-hybridized carbons (Fsp3) is 0.667. The molecule has 0 radical (unpaired) electrons. The first kappa shape index (κ1) is 10.6. The molecule has 0 amide bonds. The van der Waals surface area contributed by atoms with Crippen molar-refractivity contribution in [1.29, 1.82) is 0 Å². The maximum absolute atomic E-state index is 11.3. The summed E-state index contributed by atoms with van der Waals surface area (Å²) in [5, 5.41) is 1.23. The van der Waals surface area contributed by atoms with Crippen molar-refractivity contribution in [3.63, 3.8) is 0 Å². The molecular weight excluding hydrogens is 218 g/mol. The molecule has 0 aromatic rings. The van der Waals surface area contributed by atoms with E-state index < -0.39 is 9.84 Å². The topological polar surface area (TPSA) is 63.7 Å². The molecule has 2 unspecified atom stereocenters. The van der Waals surface area contributed by atoms with E-state index in [-0.39, 0.29) is 23.8 Å². The van der Waals surface area contributed by atoms with Gasteiger partial charge in [-0.15, -0.1) is 0 Å². The number of nitrogens with zero attached hydrogens (tertiary/aromatic N) is 1. The van der Waals surface area contributed by atoms with E-state index in [1.54, 1.807) is 6.08 Å². The van der Waals surface area contributed by atoms with Crippen molar-refractivity contribution in [2.24, 2.45) is 0 Å². The van der Waals surface area contributed by atoms with Gasteiger partial charge in [-0.25, -0.2) is 8.42 Å². The van der Waals surface area contributed by atoms with Crippen molar-refractivity contribution in [2.75, 3.05) is 19.4 Å². The zero-order chi connectivity index (χ0) is 11.1. The molecule has 0 aromatic heterocycles. The summed E-state index contributed by atoms with van der Waals surface area (Å²) in [6, 6.07) is -0.425. The molecule has 2 heterocycles. The third-order valence-electron chi connectivity index (χ3n) is 2.87. The second-order valence-corrected chi connectivity index (χ2v) is 5.72. The molecule has 1 saturated heterocycles. The minimum atomic E-state index is -3.05.